The van der Waals surface area contributed by atoms with E-state index in [1.54, 1.807) is 7.11 Å². The van der Waals surface area contributed by atoms with Gasteiger partial charge in [0, 0.05) is 12.0 Å². The fourth-order valence-corrected chi connectivity index (χ4v) is 1.79. The molecule has 1 unspecified atom stereocenters. The summed E-state index contributed by atoms with van der Waals surface area (Å²) >= 11 is 0. The summed E-state index contributed by atoms with van der Waals surface area (Å²) < 4.78 is 16.3. The summed E-state index contributed by atoms with van der Waals surface area (Å²) in [5.74, 6) is 0.809. The van der Waals surface area contributed by atoms with Crippen molar-refractivity contribution in [3.8, 4) is 5.75 Å². The van der Waals surface area contributed by atoms with Gasteiger partial charge < -0.3 is 19.0 Å². The van der Waals surface area contributed by atoms with Crippen molar-refractivity contribution in [1.82, 2.24) is 0 Å². The summed E-state index contributed by atoms with van der Waals surface area (Å²) in [6.07, 6.45) is 1.84. The molecule has 1 heterocycles. The van der Waals surface area contributed by atoms with Gasteiger partial charge in [0.15, 0.2) is 6.29 Å². The fraction of sp³-hybridized carbons (Fsp3) is 0.462. The van der Waals surface area contributed by atoms with Crippen LogP contribution in [0.1, 0.15) is 24.7 Å². The second kappa shape index (κ2) is 5.80. The zero-order chi connectivity index (χ0) is 12.1. The first kappa shape index (κ1) is 12.1. The highest BCUT2D eigenvalue weighted by atomic mass is 16.7. The van der Waals surface area contributed by atoms with E-state index in [9.17, 15) is 4.79 Å². The Balaban J connectivity index is 1.92. The lowest BCUT2D eigenvalue weighted by molar-refractivity contribution is -0.108. The topological polar surface area (TPSA) is 44.8 Å². The number of hydrogen-bond acceptors (Lipinski definition) is 4. The van der Waals surface area contributed by atoms with Crippen LogP contribution < -0.4 is 4.74 Å². The first-order valence-corrected chi connectivity index (χ1v) is 5.68. The molecule has 1 aliphatic rings. The molecule has 0 N–H and O–H groups in total. The molecule has 0 radical (unpaired) electrons. The van der Waals surface area contributed by atoms with Crippen molar-refractivity contribution in [3.63, 3.8) is 0 Å². The number of ether oxygens (including phenoxy) is 3. The van der Waals surface area contributed by atoms with Crippen molar-refractivity contribution in [2.24, 2.45) is 0 Å². The van der Waals surface area contributed by atoms with Gasteiger partial charge in [-0.3, -0.25) is 0 Å². The minimum absolute atomic E-state index is 0.0206. The van der Waals surface area contributed by atoms with Crippen LogP contribution in [0.25, 0.3) is 0 Å². The molecular formula is C13H16O4. The molecule has 0 spiro atoms. The first-order chi connectivity index (χ1) is 8.33. The standard InChI is InChI=1S/C13H16O4/c1-15-11-6-4-10(5-7-11)13-16-9-12(17-13)3-2-8-14/h4-8,12-13H,2-3,9H2,1H3/t12-,13?/m0/s1. The van der Waals surface area contributed by atoms with Gasteiger partial charge in [-0.15, -0.1) is 0 Å². The molecule has 1 fully saturated rings. The lowest BCUT2D eigenvalue weighted by atomic mass is 10.2. The largest absolute Gasteiger partial charge is 0.497 e. The van der Waals surface area contributed by atoms with Crippen molar-refractivity contribution < 1.29 is 19.0 Å². The van der Waals surface area contributed by atoms with Crippen LogP contribution in [0.3, 0.4) is 0 Å². The van der Waals surface area contributed by atoms with Gasteiger partial charge in [0.25, 0.3) is 0 Å². The zero-order valence-electron chi connectivity index (χ0n) is 9.80. The molecule has 0 aliphatic carbocycles. The highest BCUT2D eigenvalue weighted by Gasteiger charge is 2.26. The monoisotopic (exact) mass is 236 g/mol. The van der Waals surface area contributed by atoms with Crippen LogP contribution in [0.4, 0.5) is 0 Å². The van der Waals surface area contributed by atoms with Crippen molar-refractivity contribution in [3.05, 3.63) is 29.8 Å². The second-order valence-corrected chi connectivity index (χ2v) is 3.94. The average Bonchev–Trinajstić information content (AvgIpc) is 2.85. The number of benzene rings is 1. The van der Waals surface area contributed by atoms with E-state index in [-0.39, 0.29) is 12.4 Å². The van der Waals surface area contributed by atoms with Gasteiger partial charge in [0.1, 0.15) is 12.0 Å². The average molecular weight is 236 g/mol. The van der Waals surface area contributed by atoms with Gasteiger partial charge in [0.05, 0.1) is 19.8 Å². The lowest BCUT2D eigenvalue weighted by Gasteiger charge is -2.11. The van der Waals surface area contributed by atoms with Crippen LogP contribution in [0.5, 0.6) is 5.75 Å². The highest BCUT2D eigenvalue weighted by Crippen LogP contribution is 2.29. The SMILES string of the molecule is COc1ccc(C2OC[C@H](CCC=O)O2)cc1. The molecule has 4 heteroatoms. The number of carbonyl (C=O) groups excluding carboxylic acids is 1. The predicted octanol–water partition coefficient (Wildman–Crippen LogP) is 2.09. The van der Waals surface area contributed by atoms with Crippen molar-refractivity contribution >= 4 is 6.29 Å². The van der Waals surface area contributed by atoms with E-state index in [2.05, 4.69) is 0 Å². The Morgan fingerprint density at radius 3 is 2.82 bits per heavy atom. The van der Waals surface area contributed by atoms with E-state index < -0.39 is 0 Å². The number of methoxy groups -OCH3 is 1. The summed E-state index contributed by atoms with van der Waals surface area (Å²) in [6, 6.07) is 7.60. The van der Waals surface area contributed by atoms with Crippen LogP contribution >= 0.6 is 0 Å². The molecule has 0 aromatic heterocycles. The molecular weight excluding hydrogens is 220 g/mol. The molecule has 0 bridgehead atoms. The Labute approximate surface area is 100 Å². The molecule has 1 saturated heterocycles. The Morgan fingerprint density at radius 2 is 2.18 bits per heavy atom. The molecule has 0 amide bonds. The number of aldehydes is 1. The van der Waals surface area contributed by atoms with E-state index >= 15 is 0 Å². The van der Waals surface area contributed by atoms with Gasteiger partial charge in [0.2, 0.25) is 0 Å². The van der Waals surface area contributed by atoms with E-state index in [1.165, 1.54) is 0 Å². The molecule has 1 aliphatic heterocycles. The zero-order valence-corrected chi connectivity index (χ0v) is 9.80. The second-order valence-electron chi connectivity index (χ2n) is 3.94. The summed E-state index contributed by atoms with van der Waals surface area (Å²) in [4.78, 5) is 10.3. The molecule has 17 heavy (non-hydrogen) atoms. The smallest absolute Gasteiger partial charge is 0.184 e. The Morgan fingerprint density at radius 1 is 1.41 bits per heavy atom. The van der Waals surface area contributed by atoms with Crippen LogP contribution in [0.15, 0.2) is 24.3 Å². The predicted molar refractivity (Wildman–Crippen MR) is 61.9 cm³/mol. The third-order valence-corrected chi connectivity index (χ3v) is 2.74. The third-order valence-electron chi connectivity index (χ3n) is 2.74. The van der Waals surface area contributed by atoms with Crippen molar-refractivity contribution in [1.29, 1.82) is 0 Å². The quantitative estimate of drug-likeness (QED) is 0.734. The van der Waals surface area contributed by atoms with Gasteiger partial charge in [-0.25, -0.2) is 0 Å². The minimum Gasteiger partial charge on any atom is -0.497 e. The molecule has 2 rings (SSSR count). The van der Waals surface area contributed by atoms with Crippen LogP contribution in [-0.4, -0.2) is 26.1 Å². The summed E-state index contributed by atoms with van der Waals surface area (Å²) in [5.41, 5.74) is 0.972. The Hall–Kier alpha value is -1.39. The molecule has 1 aromatic carbocycles. The van der Waals surface area contributed by atoms with Gasteiger partial charge in [-0.1, -0.05) is 12.1 Å². The molecule has 2 atom stereocenters. The van der Waals surface area contributed by atoms with E-state index in [0.29, 0.717) is 13.0 Å². The Bertz CT molecular complexity index is 360. The highest BCUT2D eigenvalue weighted by molar-refractivity contribution is 5.49. The number of rotatable bonds is 5. The Kier molecular flexibility index (Phi) is 4.12. The molecule has 4 nitrogen and oxygen atoms in total. The van der Waals surface area contributed by atoms with Gasteiger partial charge in [-0.2, -0.15) is 0 Å². The lowest BCUT2D eigenvalue weighted by Crippen LogP contribution is -2.09. The molecule has 92 valence electrons. The number of hydrogen-bond donors (Lipinski definition) is 0. The van der Waals surface area contributed by atoms with Crippen LogP contribution in [-0.2, 0) is 14.3 Å². The van der Waals surface area contributed by atoms with E-state index in [0.717, 1.165) is 24.0 Å². The summed E-state index contributed by atoms with van der Waals surface area (Å²) in [5, 5.41) is 0. The maximum atomic E-state index is 10.3. The van der Waals surface area contributed by atoms with Crippen molar-refractivity contribution in [2.45, 2.75) is 25.2 Å². The normalized spacial score (nSPS) is 23.6. The molecule has 0 saturated carbocycles. The third kappa shape index (κ3) is 3.05. The number of carbonyl (C=O) groups is 1. The summed E-state index contributed by atoms with van der Waals surface area (Å²) in [7, 11) is 1.63. The molecule has 1 aromatic rings. The van der Waals surface area contributed by atoms with E-state index in [4.69, 9.17) is 14.2 Å². The summed E-state index contributed by atoms with van der Waals surface area (Å²) in [6.45, 7) is 0.546. The van der Waals surface area contributed by atoms with E-state index in [1.807, 2.05) is 24.3 Å². The van der Waals surface area contributed by atoms with Gasteiger partial charge >= 0.3 is 0 Å². The maximum Gasteiger partial charge on any atom is 0.184 e. The van der Waals surface area contributed by atoms with Crippen molar-refractivity contribution in [2.75, 3.05) is 13.7 Å². The first-order valence-electron chi connectivity index (χ1n) is 5.68. The van der Waals surface area contributed by atoms with Crippen LogP contribution in [0, 0.1) is 0 Å². The van der Waals surface area contributed by atoms with Gasteiger partial charge in [-0.05, 0) is 18.6 Å². The van der Waals surface area contributed by atoms with Crippen LogP contribution in [0.2, 0.25) is 0 Å². The maximum absolute atomic E-state index is 10.3. The fourth-order valence-electron chi connectivity index (χ4n) is 1.79. The minimum atomic E-state index is -0.322.